The van der Waals surface area contributed by atoms with Crippen LogP contribution in [0.2, 0.25) is 0 Å². The molecule has 0 radical (unpaired) electrons. The second-order valence-electron chi connectivity index (χ2n) is 5.90. The summed E-state index contributed by atoms with van der Waals surface area (Å²) < 4.78 is 0. The molecule has 1 heterocycles. The van der Waals surface area contributed by atoms with Gasteiger partial charge in [0.1, 0.15) is 0 Å². The number of aryl methyl sites for hydroxylation is 1. The van der Waals surface area contributed by atoms with Crippen LogP contribution in [0, 0.1) is 6.92 Å². The number of anilines is 2. The highest BCUT2D eigenvalue weighted by Gasteiger charge is 2.27. The minimum absolute atomic E-state index is 0.0283. The SMILES string of the molecule is Cc1cc(N)ccc1NC(=O)CN1CCC(C)(O)CC1. The number of rotatable bonds is 3. The van der Waals surface area contributed by atoms with Gasteiger partial charge in [-0.25, -0.2) is 0 Å². The quantitative estimate of drug-likeness (QED) is 0.729. The fourth-order valence-electron chi connectivity index (χ4n) is 2.41. The molecular weight excluding hydrogens is 254 g/mol. The van der Waals surface area contributed by atoms with E-state index in [1.807, 2.05) is 26.0 Å². The van der Waals surface area contributed by atoms with Gasteiger partial charge in [-0.15, -0.1) is 0 Å². The Kier molecular flexibility index (Phi) is 4.30. The van der Waals surface area contributed by atoms with Crippen molar-refractivity contribution in [2.45, 2.75) is 32.3 Å². The number of likely N-dealkylation sites (tertiary alicyclic amines) is 1. The molecule has 110 valence electrons. The molecule has 0 aromatic heterocycles. The summed E-state index contributed by atoms with van der Waals surface area (Å²) in [5, 5.41) is 12.8. The fraction of sp³-hybridized carbons (Fsp3) is 0.533. The standard InChI is InChI=1S/C15H23N3O2/c1-11-9-12(16)3-4-13(11)17-14(19)10-18-7-5-15(2,20)6-8-18/h3-4,9,20H,5-8,10,16H2,1-2H3,(H,17,19). The first-order valence-electron chi connectivity index (χ1n) is 6.96. The number of piperidine rings is 1. The lowest BCUT2D eigenvalue weighted by molar-refractivity contribution is -0.118. The van der Waals surface area contributed by atoms with Gasteiger partial charge in [0.2, 0.25) is 5.91 Å². The maximum atomic E-state index is 12.0. The number of amides is 1. The summed E-state index contributed by atoms with van der Waals surface area (Å²) in [5.41, 5.74) is 7.56. The third-order valence-electron chi connectivity index (χ3n) is 3.82. The van der Waals surface area contributed by atoms with E-state index in [1.165, 1.54) is 0 Å². The van der Waals surface area contributed by atoms with Crippen LogP contribution in [0.15, 0.2) is 18.2 Å². The van der Waals surface area contributed by atoms with E-state index in [1.54, 1.807) is 6.07 Å². The highest BCUT2D eigenvalue weighted by atomic mass is 16.3. The Bertz CT molecular complexity index is 490. The molecule has 1 amide bonds. The number of aliphatic hydroxyl groups is 1. The van der Waals surface area contributed by atoms with Crippen molar-refractivity contribution >= 4 is 17.3 Å². The highest BCUT2D eigenvalue weighted by Crippen LogP contribution is 2.21. The lowest BCUT2D eigenvalue weighted by atomic mass is 9.94. The predicted octanol–water partition coefficient (Wildman–Crippen LogP) is 1.36. The number of nitrogens with zero attached hydrogens (tertiary/aromatic N) is 1. The number of carbonyl (C=O) groups excluding carboxylic acids is 1. The van der Waals surface area contributed by atoms with E-state index in [4.69, 9.17) is 5.73 Å². The zero-order chi connectivity index (χ0) is 14.8. The summed E-state index contributed by atoms with van der Waals surface area (Å²) in [7, 11) is 0. The van der Waals surface area contributed by atoms with E-state index >= 15 is 0 Å². The van der Waals surface area contributed by atoms with Crippen LogP contribution in [0.3, 0.4) is 0 Å². The Morgan fingerprint density at radius 2 is 2.10 bits per heavy atom. The lowest BCUT2D eigenvalue weighted by Crippen LogP contribution is -2.45. The largest absolute Gasteiger partial charge is 0.399 e. The molecule has 1 fully saturated rings. The van der Waals surface area contributed by atoms with Gasteiger partial charge in [0, 0.05) is 24.5 Å². The summed E-state index contributed by atoms with van der Waals surface area (Å²) in [5.74, 6) is -0.0283. The van der Waals surface area contributed by atoms with Crippen molar-refractivity contribution in [3.05, 3.63) is 23.8 Å². The topological polar surface area (TPSA) is 78.6 Å². The van der Waals surface area contributed by atoms with E-state index in [-0.39, 0.29) is 5.91 Å². The number of nitrogens with one attached hydrogen (secondary N) is 1. The van der Waals surface area contributed by atoms with Crippen LogP contribution in [0.25, 0.3) is 0 Å². The maximum Gasteiger partial charge on any atom is 0.238 e. The van der Waals surface area contributed by atoms with Crippen molar-refractivity contribution in [2.24, 2.45) is 0 Å². The smallest absolute Gasteiger partial charge is 0.238 e. The first-order valence-corrected chi connectivity index (χ1v) is 6.96. The predicted molar refractivity (Wildman–Crippen MR) is 80.5 cm³/mol. The third-order valence-corrected chi connectivity index (χ3v) is 3.82. The molecule has 20 heavy (non-hydrogen) atoms. The van der Waals surface area contributed by atoms with Gasteiger partial charge in [-0.2, -0.15) is 0 Å². The van der Waals surface area contributed by atoms with Crippen LogP contribution >= 0.6 is 0 Å². The minimum Gasteiger partial charge on any atom is -0.399 e. The van der Waals surface area contributed by atoms with E-state index < -0.39 is 5.60 Å². The van der Waals surface area contributed by atoms with Gasteiger partial charge in [-0.05, 0) is 50.5 Å². The average Bonchev–Trinajstić information content (AvgIpc) is 2.35. The third kappa shape index (κ3) is 3.95. The van der Waals surface area contributed by atoms with Gasteiger partial charge < -0.3 is 16.2 Å². The average molecular weight is 277 g/mol. The Morgan fingerprint density at radius 1 is 1.45 bits per heavy atom. The van der Waals surface area contributed by atoms with Gasteiger partial charge in [0.15, 0.2) is 0 Å². The minimum atomic E-state index is -0.583. The zero-order valence-corrected chi connectivity index (χ0v) is 12.1. The molecule has 2 rings (SSSR count). The van der Waals surface area contributed by atoms with Crippen molar-refractivity contribution in [3.8, 4) is 0 Å². The van der Waals surface area contributed by atoms with Crippen LogP contribution in [-0.2, 0) is 4.79 Å². The van der Waals surface area contributed by atoms with Crippen LogP contribution in [0.1, 0.15) is 25.3 Å². The number of hydrogen-bond donors (Lipinski definition) is 3. The Labute approximate surface area is 119 Å². The molecule has 0 bridgehead atoms. The molecule has 1 aromatic carbocycles. The van der Waals surface area contributed by atoms with Crippen molar-refractivity contribution < 1.29 is 9.90 Å². The van der Waals surface area contributed by atoms with E-state index in [0.717, 1.165) is 24.3 Å². The number of benzene rings is 1. The van der Waals surface area contributed by atoms with E-state index in [2.05, 4.69) is 10.2 Å². The summed E-state index contributed by atoms with van der Waals surface area (Å²) >= 11 is 0. The van der Waals surface area contributed by atoms with E-state index in [9.17, 15) is 9.90 Å². The molecule has 1 aromatic rings. The van der Waals surface area contributed by atoms with Crippen molar-refractivity contribution in [1.29, 1.82) is 0 Å². The molecule has 5 nitrogen and oxygen atoms in total. The molecule has 0 spiro atoms. The van der Waals surface area contributed by atoms with E-state index in [0.29, 0.717) is 25.1 Å². The second kappa shape index (κ2) is 5.81. The summed E-state index contributed by atoms with van der Waals surface area (Å²) in [4.78, 5) is 14.1. The van der Waals surface area contributed by atoms with Crippen LogP contribution in [0.5, 0.6) is 0 Å². The number of hydrogen-bond acceptors (Lipinski definition) is 4. The molecule has 1 aliphatic heterocycles. The summed E-state index contributed by atoms with van der Waals surface area (Å²) in [6.07, 6.45) is 1.42. The Hall–Kier alpha value is -1.59. The van der Waals surface area contributed by atoms with Crippen LogP contribution in [0.4, 0.5) is 11.4 Å². The molecule has 0 atom stereocenters. The number of nitrogens with two attached hydrogens (primary N) is 1. The molecule has 0 unspecified atom stereocenters. The molecule has 1 saturated heterocycles. The number of carbonyl (C=O) groups is 1. The molecule has 0 saturated carbocycles. The normalized spacial score (nSPS) is 18.8. The van der Waals surface area contributed by atoms with Gasteiger partial charge in [-0.3, -0.25) is 9.69 Å². The maximum absolute atomic E-state index is 12.0. The molecule has 4 N–H and O–H groups in total. The van der Waals surface area contributed by atoms with Crippen LogP contribution in [-0.4, -0.2) is 41.1 Å². The zero-order valence-electron chi connectivity index (χ0n) is 12.1. The molecular formula is C15H23N3O2. The van der Waals surface area contributed by atoms with Crippen molar-refractivity contribution in [2.75, 3.05) is 30.7 Å². The Morgan fingerprint density at radius 3 is 2.70 bits per heavy atom. The van der Waals surface area contributed by atoms with Gasteiger partial charge in [-0.1, -0.05) is 0 Å². The number of nitrogen functional groups attached to an aromatic ring is 1. The molecule has 5 heteroatoms. The van der Waals surface area contributed by atoms with Crippen molar-refractivity contribution in [3.63, 3.8) is 0 Å². The highest BCUT2D eigenvalue weighted by molar-refractivity contribution is 5.93. The van der Waals surface area contributed by atoms with Gasteiger partial charge in [0.05, 0.1) is 12.1 Å². The molecule has 0 aliphatic carbocycles. The first kappa shape index (κ1) is 14.8. The fourth-order valence-corrected chi connectivity index (χ4v) is 2.41. The summed E-state index contributed by atoms with van der Waals surface area (Å²) in [6, 6.07) is 5.44. The lowest BCUT2D eigenvalue weighted by Gasteiger charge is -2.35. The van der Waals surface area contributed by atoms with Gasteiger partial charge in [0.25, 0.3) is 0 Å². The summed E-state index contributed by atoms with van der Waals surface area (Å²) in [6.45, 7) is 5.63. The first-order chi connectivity index (χ1) is 9.35. The molecule has 1 aliphatic rings. The van der Waals surface area contributed by atoms with Crippen molar-refractivity contribution in [1.82, 2.24) is 4.90 Å². The monoisotopic (exact) mass is 277 g/mol. The van der Waals surface area contributed by atoms with Gasteiger partial charge >= 0.3 is 0 Å². The van der Waals surface area contributed by atoms with Crippen LogP contribution < -0.4 is 11.1 Å². The Balaban J connectivity index is 1.87. The second-order valence-corrected chi connectivity index (χ2v) is 5.90.